The summed E-state index contributed by atoms with van der Waals surface area (Å²) in [6, 6.07) is 9.58. The Morgan fingerprint density at radius 1 is 1.27 bits per heavy atom. The van der Waals surface area contributed by atoms with Crippen LogP contribution in [0.25, 0.3) is 6.08 Å². The number of amides is 1. The van der Waals surface area contributed by atoms with Crippen LogP contribution in [0.1, 0.15) is 31.5 Å². The number of nitrogens with zero attached hydrogens (tertiary/aromatic N) is 6. The second-order valence-corrected chi connectivity index (χ2v) is 9.03. The first-order valence-corrected chi connectivity index (χ1v) is 10.9. The number of carbonyl (C=O) groups excluding carboxylic acids is 1. The zero-order valence-electron chi connectivity index (χ0n) is 16.9. The number of nitrogens with one attached hydrogen (secondary N) is 1. The first kappa shape index (κ1) is 19.0. The standard InChI is InChI=1S/C21H23N7OS/c1-3-28-18(14-11-16-17(22-12-14)23-13-27(16)2)25-26-20(28)30-21(9-10-21)19(29)24-15-7-5-4-6-8-15/h4-8,11,13-14H,3,9-10,12H2,1-2H3,(H,24,29). The smallest absolute Gasteiger partial charge is 0.241 e. The predicted octanol–water partition coefficient (Wildman–Crippen LogP) is 1.49. The van der Waals surface area contributed by atoms with Crippen molar-refractivity contribution in [1.82, 2.24) is 24.3 Å². The van der Waals surface area contributed by atoms with Gasteiger partial charge in [0.05, 0.1) is 24.1 Å². The van der Waals surface area contributed by atoms with Gasteiger partial charge in [0.15, 0.2) is 10.6 Å². The van der Waals surface area contributed by atoms with E-state index in [-0.39, 0.29) is 11.8 Å². The molecule has 154 valence electrons. The third-order valence-corrected chi connectivity index (χ3v) is 7.06. The lowest BCUT2D eigenvalue weighted by molar-refractivity contribution is -0.116. The van der Waals surface area contributed by atoms with Gasteiger partial charge in [0.2, 0.25) is 5.91 Å². The minimum atomic E-state index is -0.469. The van der Waals surface area contributed by atoms with Crippen LogP contribution in [0.2, 0.25) is 0 Å². The fourth-order valence-electron chi connectivity index (χ4n) is 3.70. The molecular formula is C21H23N7OS. The SMILES string of the molecule is CCn1c(SC2(C(=O)Nc3ccccc3)CC2)nnc1C1C=c2c(ncn2C)=NC1. The van der Waals surface area contributed by atoms with Crippen molar-refractivity contribution in [1.29, 1.82) is 0 Å². The summed E-state index contributed by atoms with van der Waals surface area (Å²) in [4.78, 5) is 21.9. The lowest BCUT2D eigenvalue weighted by Crippen LogP contribution is -2.34. The Kier molecular flexibility index (Phi) is 4.69. The summed E-state index contributed by atoms with van der Waals surface area (Å²) in [6.07, 6.45) is 5.62. The molecule has 0 radical (unpaired) electrons. The lowest BCUT2D eigenvalue weighted by Gasteiger charge is -2.17. The summed E-state index contributed by atoms with van der Waals surface area (Å²) < 4.78 is 3.61. The van der Waals surface area contributed by atoms with E-state index in [0.29, 0.717) is 6.54 Å². The molecule has 1 atom stereocenters. The molecule has 9 heteroatoms. The highest BCUT2D eigenvalue weighted by Crippen LogP contribution is 2.52. The number of carbonyl (C=O) groups is 1. The maximum atomic E-state index is 12.9. The zero-order chi connectivity index (χ0) is 20.7. The van der Waals surface area contributed by atoms with E-state index >= 15 is 0 Å². The normalized spacial score (nSPS) is 18.8. The molecule has 1 aromatic carbocycles. The van der Waals surface area contributed by atoms with Crippen molar-refractivity contribution in [3.63, 3.8) is 0 Å². The number of hydrogen-bond acceptors (Lipinski definition) is 6. The average molecular weight is 422 g/mol. The van der Waals surface area contributed by atoms with Gasteiger partial charge in [-0.05, 0) is 38.0 Å². The molecule has 3 heterocycles. The number of benzene rings is 1. The van der Waals surface area contributed by atoms with Crippen molar-refractivity contribution in [2.75, 3.05) is 11.9 Å². The van der Waals surface area contributed by atoms with E-state index in [1.54, 1.807) is 6.33 Å². The Morgan fingerprint density at radius 3 is 2.80 bits per heavy atom. The van der Waals surface area contributed by atoms with Crippen molar-refractivity contribution >= 4 is 29.4 Å². The summed E-state index contributed by atoms with van der Waals surface area (Å²) in [6.45, 7) is 3.42. The van der Waals surface area contributed by atoms with Crippen LogP contribution in [0.3, 0.4) is 0 Å². The third kappa shape index (κ3) is 3.32. The molecule has 0 spiro atoms. The van der Waals surface area contributed by atoms with Gasteiger partial charge >= 0.3 is 0 Å². The zero-order valence-corrected chi connectivity index (χ0v) is 17.8. The van der Waals surface area contributed by atoms with Crippen LogP contribution in [0.5, 0.6) is 0 Å². The predicted molar refractivity (Wildman–Crippen MR) is 115 cm³/mol. The number of anilines is 1. The van der Waals surface area contributed by atoms with E-state index in [4.69, 9.17) is 0 Å². The maximum Gasteiger partial charge on any atom is 0.241 e. The largest absolute Gasteiger partial charge is 0.333 e. The van der Waals surface area contributed by atoms with E-state index in [1.165, 1.54) is 11.8 Å². The molecule has 2 aromatic heterocycles. The van der Waals surface area contributed by atoms with E-state index in [1.807, 2.05) is 41.9 Å². The molecular weight excluding hydrogens is 398 g/mol. The number of aromatic nitrogens is 5. The van der Waals surface area contributed by atoms with Gasteiger partial charge in [-0.1, -0.05) is 30.0 Å². The molecule has 0 bridgehead atoms. The van der Waals surface area contributed by atoms with Gasteiger partial charge in [-0.25, -0.2) is 4.98 Å². The second kappa shape index (κ2) is 7.39. The number of imidazole rings is 1. The molecule has 1 fully saturated rings. The summed E-state index contributed by atoms with van der Waals surface area (Å²) in [5.74, 6) is 0.961. The van der Waals surface area contributed by atoms with Gasteiger partial charge in [0.25, 0.3) is 0 Å². The van der Waals surface area contributed by atoms with Crippen LogP contribution in [0.15, 0.2) is 46.8 Å². The molecule has 2 aliphatic rings. The first-order valence-electron chi connectivity index (χ1n) is 10.1. The fourth-order valence-corrected chi connectivity index (χ4v) is 4.92. The number of fused-ring (bicyclic) bond motifs is 1. The Labute approximate surface area is 178 Å². The van der Waals surface area contributed by atoms with E-state index in [0.717, 1.165) is 46.9 Å². The maximum absolute atomic E-state index is 12.9. The quantitative estimate of drug-likeness (QED) is 0.651. The van der Waals surface area contributed by atoms with E-state index in [2.05, 4.69) is 43.1 Å². The first-order chi connectivity index (χ1) is 14.6. The highest BCUT2D eigenvalue weighted by atomic mass is 32.2. The van der Waals surface area contributed by atoms with Gasteiger partial charge in [0.1, 0.15) is 10.6 Å². The van der Waals surface area contributed by atoms with Gasteiger partial charge in [-0.2, -0.15) is 0 Å². The fraction of sp³-hybridized carbons (Fsp3) is 0.381. The lowest BCUT2D eigenvalue weighted by atomic mass is 10.1. The molecule has 1 aliphatic heterocycles. The van der Waals surface area contributed by atoms with Gasteiger partial charge in [0, 0.05) is 19.3 Å². The highest BCUT2D eigenvalue weighted by molar-refractivity contribution is 8.01. The molecule has 30 heavy (non-hydrogen) atoms. The topological polar surface area (TPSA) is 90.0 Å². The monoisotopic (exact) mass is 421 g/mol. The van der Waals surface area contributed by atoms with Crippen LogP contribution >= 0.6 is 11.8 Å². The minimum Gasteiger partial charge on any atom is -0.333 e. The van der Waals surface area contributed by atoms with Crippen LogP contribution in [-0.4, -0.2) is 41.5 Å². The highest BCUT2D eigenvalue weighted by Gasteiger charge is 2.52. The average Bonchev–Trinajstić information content (AvgIpc) is 3.31. The third-order valence-electron chi connectivity index (χ3n) is 5.59. The van der Waals surface area contributed by atoms with E-state index < -0.39 is 4.75 Å². The van der Waals surface area contributed by atoms with Crippen molar-refractivity contribution in [3.05, 3.63) is 53.3 Å². The van der Waals surface area contributed by atoms with Crippen molar-refractivity contribution < 1.29 is 4.79 Å². The molecule has 1 N–H and O–H groups in total. The molecule has 1 unspecified atom stereocenters. The summed E-state index contributed by atoms with van der Waals surface area (Å²) in [5.41, 5.74) is 1.60. The molecule has 1 aliphatic carbocycles. The Balaban J connectivity index is 1.39. The number of thioether (sulfide) groups is 1. The second-order valence-electron chi connectivity index (χ2n) is 7.68. The number of para-hydroxylation sites is 1. The Morgan fingerprint density at radius 2 is 2.07 bits per heavy atom. The summed E-state index contributed by atoms with van der Waals surface area (Å²) in [7, 11) is 1.97. The Bertz CT molecular complexity index is 1210. The van der Waals surface area contributed by atoms with Crippen LogP contribution in [0.4, 0.5) is 5.69 Å². The number of rotatable bonds is 6. The molecule has 1 saturated carbocycles. The van der Waals surface area contributed by atoms with Crippen LogP contribution < -0.4 is 16.2 Å². The van der Waals surface area contributed by atoms with Crippen LogP contribution in [-0.2, 0) is 18.4 Å². The summed E-state index contributed by atoms with van der Waals surface area (Å²) >= 11 is 1.53. The van der Waals surface area contributed by atoms with Crippen molar-refractivity contribution in [2.45, 2.75) is 42.1 Å². The van der Waals surface area contributed by atoms with Crippen LogP contribution in [0, 0.1) is 0 Å². The van der Waals surface area contributed by atoms with Gasteiger partial charge in [-0.3, -0.25) is 9.79 Å². The Hall–Kier alpha value is -2.94. The molecule has 0 saturated heterocycles. The van der Waals surface area contributed by atoms with Crippen molar-refractivity contribution in [3.8, 4) is 0 Å². The van der Waals surface area contributed by atoms with Gasteiger partial charge in [-0.15, -0.1) is 10.2 Å². The molecule has 8 nitrogen and oxygen atoms in total. The number of hydrogen-bond donors (Lipinski definition) is 1. The minimum absolute atomic E-state index is 0.0321. The van der Waals surface area contributed by atoms with Crippen molar-refractivity contribution in [2.24, 2.45) is 12.0 Å². The molecule has 3 aromatic rings. The number of aryl methyl sites for hydroxylation is 1. The summed E-state index contributed by atoms with van der Waals surface area (Å²) in [5, 5.41) is 13.8. The van der Waals surface area contributed by atoms with Gasteiger partial charge < -0.3 is 14.5 Å². The van der Waals surface area contributed by atoms with E-state index in [9.17, 15) is 4.79 Å². The molecule has 5 rings (SSSR count). The molecule has 1 amide bonds.